The molecule has 0 aliphatic carbocycles. The number of sulfonamides is 1. The van der Waals surface area contributed by atoms with Gasteiger partial charge in [0, 0.05) is 18.7 Å². The van der Waals surface area contributed by atoms with Crippen LogP contribution >= 0.6 is 0 Å². The van der Waals surface area contributed by atoms with Crippen molar-refractivity contribution >= 4 is 21.8 Å². The summed E-state index contributed by atoms with van der Waals surface area (Å²) in [6, 6.07) is 13.8. The molecule has 0 radical (unpaired) electrons. The molecule has 156 valence electrons. The van der Waals surface area contributed by atoms with Gasteiger partial charge >= 0.3 is 0 Å². The molecule has 0 spiro atoms. The summed E-state index contributed by atoms with van der Waals surface area (Å²) in [5, 5.41) is 8.84. The average Bonchev–Trinajstić information content (AvgIpc) is 3.32. The quantitative estimate of drug-likeness (QED) is 0.665. The Balaban J connectivity index is 1.50. The SMILES string of the molecule is N#Cc1cccc(OCC(=O)NNC(=O)c2ccc(S(=O)(=O)N3CCCC3)cc2)c1. The molecule has 1 fully saturated rings. The van der Waals surface area contributed by atoms with Gasteiger partial charge in [0.1, 0.15) is 5.75 Å². The van der Waals surface area contributed by atoms with Gasteiger partial charge in [-0.25, -0.2) is 8.42 Å². The monoisotopic (exact) mass is 428 g/mol. The highest BCUT2D eigenvalue weighted by atomic mass is 32.2. The van der Waals surface area contributed by atoms with Crippen molar-refractivity contribution in [2.24, 2.45) is 0 Å². The molecule has 2 aromatic carbocycles. The van der Waals surface area contributed by atoms with Crippen LogP contribution in [0.3, 0.4) is 0 Å². The number of nitrogens with one attached hydrogen (secondary N) is 2. The number of carbonyl (C=O) groups excluding carboxylic acids is 2. The van der Waals surface area contributed by atoms with Gasteiger partial charge in [-0.2, -0.15) is 9.57 Å². The zero-order valence-corrected chi connectivity index (χ0v) is 16.8. The Morgan fingerprint density at radius 1 is 1.07 bits per heavy atom. The zero-order valence-electron chi connectivity index (χ0n) is 16.0. The van der Waals surface area contributed by atoms with Gasteiger partial charge in [0.15, 0.2) is 6.61 Å². The summed E-state index contributed by atoms with van der Waals surface area (Å²) in [6.45, 7) is 0.640. The molecule has 30 heavy (non-hydrogen) atoms. The molecule has 0 bridgehead atoms. The van der Waals surface area contributed by atoms with Crippen molar-refractivity contribution in [1.29, 1.82) is 5.26 Å². The van der Waals surface area contributed by atoms with E-state index in [1.54, 1.807) is 18.2 Å². The third-order valence-electron chi connectivity index (χ3n) is 4.47. The van der Waals surface area contributed by atoms with E-state index in [0.29, 0.717) is 24.4 Å². The number of rotatable bonds is 6. The maximum atomic E-state index is 12.5. The Hall–Kier alpha value is -3.42. The number of hydrazine groups is 1. The number of nitriles is 1. The molecule has 0 saturated carbocycles. The molecular formula is C20H20N4O5S. The third-order valence-corrected chi connectivity index (χ3v) is 6.38. The lowest BCUT2D eigenvalue weighted by molar-refractivity contribution is -0.123. The summed E-state index contributed by atoms with van der Waals surface area (Å²) < 4.78 is 31.7. The first kappa shape index (κ1) is 21.3. The first-order valence-electron chi connectivity index (χ1n) is 9.22. The van der Waals surface area contributed by atoms with Crippen LogP contribution in [0.4, 0.5) is 0 Å². The fraction of sp³-hybridized carbons (Fsp3) is 0.250. The predicted molar refractivity (Wildman–Crippen MR) is 107 cm³/mol. The van der Waals surface area contributed by atoms with E-state index in [1.807, 2.05) is 6.07 Å². The number of carbonyl (C=O) groups is 2. The minimum Gasteiger partial charge on any atom is -0.484 e. The second kappa shape index (κ2) is 9.39. The number of amides is 2. The van der Waals surface area contributed by atoms with E-state index in [9.17, 15) is 18.0 Å². The molecule has 1 saturated heterocycles. The van der Waals surface area contributed by atoms with Crippen LogP contribution in [-0.4, -0.2) is 44.2 Å². The molecular weight excluding hydrogens is 408 g/mol. The smallest absolute Gasteiger partial charge is 0.276 e. The number of ether oxygens (including phenoxy) is 1. The van der Waals surface area contributed by atoms with Crippen molar-refractivity contribution in [1.82, 2.24) is 15.2 Å². The molecule has 0 atom stereocenters. The highest BCUT2D eigenvalue weighted by molar-refractivity contribution is 7.89. The van der Waals surface area contributed by atoms with Crippen LogP contribution < -0.4 is 15.6 Å². The molecule has 3 rings (SSSR count). The van der Waals surface area contributed by atoms with Crippen LogP contribution in [0.1, 0.15) is 28.8 Å². The highest BCUT2D eigenvalue weighted by Crippen LogP contribution is 2.21. The summed E-state index contributed by atoms with van der Waals surface area (Å²) in [7, 11) is -3.55. The Bertz CT molecular complexity index is 1070. The van der Waals surface area contributed by atoms with Gasteiger partial charge in [0.25, 0.3) is 11.8 Å². The second-order valence-corrected chi connectivity index (χ2v) is 8.50. The molecule has 1 aliphatic rings. The van der Waals surface area contributed by atoms with Crippen molar-refractivity contribution in [3.63, 3.8) is 0 Å². The Kier molecular flexibility index (Phi) is 6.66. The molecule has 0 unspecified atom stereocenters. The Morgan fingerprint density at radius 2 is 1.77 bits per heavy atom. The fourth-order valence-electron chi connectivity index (χ4n) is 2.89. The highest BCUT2D eigenvalue weighted by Gasteiger charge is 2.27. The summed E-state index contributed by atoms with van der Waals surface area (Å²) in [6.07, 6.45) is 1.68. The minimum atomic E-state index is -3.55. The van der Waals surface area contributed by atoms with Gasteiger partial charge in [-0.1, -0.05) is 6.07 Å². The zero-order chi connectivity index (χ0) is 21.6. The van der Waals surface area contributed by atoms with Crippen LogP contribution in [0.2, 0.25) is 0 Å². The first-order valence-corrected chi connectivity index (χ1v) is 10.7. The molecule has 1 aliphatic heterocycles. The average molecular weight is 428 g/mol. The summed E-state index contributed by atoms with van der Waals surface area (Å²) in [5.74, 6) is -0.843. The topological polar surface area (TPSA) is 129 Å². The van der Waals surface area contributed by atoms with Gasteiger partial charge in [0.2, 0.25) is 10.0 Å². The van der Waals surface area contributed by atoms with Crippen LogP contribution in [0, 0.1) is 11.3 Å². The van der Waals surface area contributed by atoms with Gasteiger partial charge in [0.05, 0.1) is 16.5 Å². The normalized spacial score (nSPS) is 14.0. The lowest BCUT2D eigenvalue weighted by atomic mass is 10.2. The molecule has 10 heteroatoms. The van der Waals surface area contributed by atoms with Gasteiger partial charge in [-0.3, -0.25) is 20.4 Å². The number of hydrogen-bond acceptors (Lipinski definition) is 6. The number of benzene rings is 2. The van der Waals surface area contributed by atoms with E-state index in [2.05, 4.69) is 10.9 Å². The van der Waals surface area contributed by atoms with Crippen LogP contribution in [0.25, 0.3) is 0 Å². The molecule has 0 aromatic heterocycles. The van der Waals surface area contributed by atoms with Crippen molar-refractivity contribution < 1.29 is 22.7 Å². The minimum absolute atomic E-state index is 0.123. The summed E-state index contributed by atoms with van der Waals surface area (Å²) in [5.41, 5.74) is 5.05. The van der Waals surface area contributed by atoms with Crippen LogP contribution in [0.15, 0.2) is 53.4 Å². The maximum Gasteiger partial charge on any atom is 0.276 e. The first-order chi connectivity index (χ1) is 14.4. The largest absolute Gasteiger partial charge is 0.484 e. The van der Waals surface area contributed by atoms with E-state index >= 15 is 0 Å². The van der Waals surface area contributed by atoms with Crippen LogP contribution in [-0.2, 0) is 14.8 Å². The van der Waals surface area contributed by atoms with Crippen LogP contribution in [0.5, 0.6) is 5.75 Å². The number of hydrogen-bond donors (Lipinski definition) is 2. The molecule has 1 heterocycles. The van der Waals surface area contributed by atoms with Crippen molar-refractivity contribution in [3.8, 4) is 11.8 Å². The van der Waals surface area contributed by atoms with Gasteiger partial charge < -0.3 is 4.74 Å². The molecule has 9 nitrogen and oxygen atoms in total. The fourth-order valence-corrected chi connectivity index (χ4v) is 4.41. The second-order valence-electron chi connectivity index (χ2n) is 6.57. The molecule has 2 N–H and O–H groups in total. The molecule has 2 aromatic rings. The van der Waals surface area contributed by atoms with Crippen molar-refractivity contribution in [2.75, 3.05) is 19.7 Å². The lowest BCUT2D eigenvalue weighted by Crippen LogP contribution is -2.43. The summed E-state index contributed by atoms with van der Waals surface area (Å²) in [4.78, 5) is 24.1. The summed E-state index contributed by atoms with van der Waals surface area (Å²) >= 11 is 0. The van der Waals surface area contributed by atoms with E-state index in [0.717, 1.165) is 12.8 Å². The van der Waals surface area contributed by atoms with E-state index < -0.39 is 21.8 Å². The number of nitrogens with zero attached hydrogens (tertiary/aromatic N) is 2. The Morgan fingerprint density at radius 3 is 2.43 bits per heavy atom. The van der Waals surface area contributed by atoms with Gasteiger partial charge in [-0.15, -0.1) is 0 Å². The van der Waals surface area contributed by atoms with Gasteiger partial charge in [-0.05, 0) is 55.3 Å². The standard InChI is InChI=1S/C20H20N4O5S/c21-13-15-4-3-5-17(12-15)29-14-19(25)22-23-20(26)16-6-8-18(9-7-16)30(27,28)24-10-1-2-11-24/h3-9,12H,1-2,10-11,14H2,(H,22,25)(H,23,26). The maximum absolute atomic E-state index is 12.5. The predicted octanol–water partition coefficient (Wildman–Crippen LogP) is 1.18. The van der Waals surface area contributed by atoms with Crippen molar-refractivity contribution in [2.45, 2.75) is 17.7 Å². The molecule has 2 amide bonds. The van der Waals surface area contributed by atoms with E-state index in [4.69, 9.17) is 10.00 Å². The lowest BCUT2D eigenvalue weighted by Gasteiger charge is -2.15. The third kappa shape index (κ3) is 5.14. The Labute approximate surface area is 174 Å². The van der Waals surface area contributed by atoms with E-state index in [-0.39, 0.29) is 17.1 Å². The van der Waals surface area contributed by atoms with Crippen molar-refractivity contribution in [3.05, 3.63) is 59.7 Å². The van der Waals surface area contributed by atoms with E-state index in [1.165, 1.54) is 34.6 Å².